The molecular formula is C19H23N5O4. The lowest BCUT2D eigenvalue weighted by molar-refractivity contribution is -0.128. The van der Waals surface area contributed by atoms with Gasteiger partial charge in [-0.2, -0.15) is 0 Å². The number of rotatable bonds is 6. The molecule has 3 heterocycles. The number of H-pyrrole nitrogens is 1. The Morgan fingerprint density at radius 3 is 2.79 bits per heavy atom. The monoisotopic (exact) mass is 385 g/mol. The van der Waals surface area contributed by atoms with Crippen LogP contribution in [-0.4, -0.2) is 32.6 Å². The molecule has 3 rings (SSSR count). The second-order valence-electron chi connectivity index (χ2n) is 6.76. The molecule has 0 saturated carbocycles. The maximum Gasteiger partial charge on any atom is 0.273 e. The van der Waals surface area contributed by atoms with E-state index in [-0.39, 0.29) is 30.3 Å². The lowest BCUT2D eigenvalue weighted by Crippen LogP contribution is -2.45. The second-order valence-corrected chi connectivity index (χ2v) is 6.76. The van der Waals surface area contributed by atoms with E-state index in [0.717, 1.165) is 5.56 Å². The predicted octanol–water partition coefficient (Wildman–Crippen LogP) is 0.835. The molecular weight excluding hydrogens is 362 g/mol. The van der Waals surface area contributed by atoms with Gasteiger partial charge in [0, 0.05) is 12.7 Å². The van der Waals surface area contributed by atoms with E-state index in [4.69, 9.17) is 4.42 Å². The summed E-state index contributed by atoms with van der Waals surface area (Å²) in [6, 6.07) is 2.78. The lowest BCUT2D eigenvalue weighted by atomic mass is 10.0. The summed E-state index contributed by atoms with van der Waals surface area (Å²) in [5.74, 6) is -0.00257. The van der Waals surface area contributed by atoms with Gasteiger partial charge in [0.05, 0.1) is 24.6 Å². The van der Waals surface area contributed by atoms with E-state index in [0.29, 0.717) is 28.1 Å². The molecule has 0 radical (unpaired) electrons. The Labute approximate surface area is 161 Å². The molecule has 0 aliphatic rings. The Kier molecular flexibility index (Phi) is 5.34. The molecule has 9 nitrogen and oxygen atoms in total. The van der Waals surface area contributed by atoms with Crippen molar-refractivity contribution in [3.05, 3.63) is 51.3 Å². The van der Waals surface area contributed by atoms with Gasteiger partial charge in [-0.3, -0.25) is 24.2 Å². The number of nitrogens with one attached hydrogen (secondary N) is 3. The Bertz CT molecular complexity index is 1080. The molecule has 9 heteroatoms. The highest BCUT2D eigenvalue weighted by atomic mass is 16.3. The molecule has 0 aliphatic heterocycles. The Morgan fingerprint density at radius 1 is 1.36 bits per heavy atom. The molecule has 0 aliphatic carbocycles. The van der Waals surface area contributed by atoms with Crippen molar-refractivity contribution < 1.29 is 14.0 Å². The standard InChI is InChI=1S/C19H23N5O4/c1-10-14(11(2)22-17-16(10)19(27)23-24(17)4)8-15(25)21-12(3)18(26)20-9-13-6-5-7-28-13/h5-7,12H,8-9H2,1-4H3,(H,20,26)(H,21,25)(H,23,27). The van der Waals surface area contributed by atoms with Crippen LogP contribution in [0.2, 0.25) is 0 Å². The number of nitrogens with zero attached hydrogens (tertiary/aromatic N) is 2. The van der Waals surface area contributed by atoms with Crippen molar-refractivity contribution in [1.82, 2.24) is 25.4 Å². The van der Waals surface area contributed by atoms with E-state index in [2.05, 4.69) is 20.7 Å². The maximum absolute atomic E-state index is 12.5. The molecule has 3 aromatic rings. The van der Waals surface area contributed by atoms with Crippen molar-refractivity contribution in [1.29, 1.82) is 0 Å². The first kappa shape index (κ1) is 19.4. The number of carbonyl (C=O) groups is 2. The lowest BCUT2D eigenvalue weighted by Gasteiger charge is -2.15. The van der Waals surface area contributed by atoms with Gasteiger partial charge in [0.1, 0.15) is 11.8 Å². The molecule has 1 atom stereocenters. The highest BCUT2D eigenvalue weighted by molar-refractivity contribution is 5.89. The summed E-state index contributed by atoms with van der Waals surface area (Å²) in [5, 5.41) is 8.53. The smallest absolute Gasteiger partial charge is 0.273 e. The van der Waals surface area contributed by atoms with E-state index in [1.54, 1.807) is 44.6 Å². The molecule has 3 aromatic heterocycles. The number of amides is 2. The van der Waals surface area contributed by atoms with Crippen LogP contribution in [0.4, 0.5) is 0 Å². The van der Waals surface area contributed by atoms with Crippen LogP contribution in [0.25, 0.3) is 11.0 Å². The van der Waals surface area contributed by atoms with E-state index in [1.807, 2.05) is 0 Å². The van der Waals surface area contributed by atoms with Gasteiger partial charge in [0.15, 0.2) is 5.65 Å². The number of aryl methyl sites for hydroxylation is 3. The van der Waals surface area contributed by atoms with Crippen LogP contribution in [0.15, 0.2) is 27.6 Å². The fourth-order valence-corrected chi connectivity index (χ4v) is 3.17. The third-order valence-corrected chi connectivity index (χ3v) is 4.70. The number of hydrogen-bond acceptors (Lipinski definition) is 5. The van der Waals surface area contributed by atoms with Crippen molar-refractivity contribution in [2.75, 3.05) is 0 Å². The minimum absolute atomic E-state index is 0.0325. The van der Waals surface area contributed by atoms with Crippen LogP contribution in [0, 0.1) is 13.8 Å². The summed E-state index contributed by atoms with van der Waals surface area (Å²) in [7, 11) is 1.71. The summed E-state index contributed by atoms with van der Waals surface area (Å²) in [6.07, 6.45) is 1.56. The van der Waals surface area contributed by atoms with E-state index < -0.39 is 6.04 Å². The van der Waals surface area contributed by atoms with Crippen molar-refractivity contribution in [3.8, 4) is 0 Å². The van der Waals surface area contributed by atoms with Gasteiger partial charge in [-0.25, -0.2) is 4.98 Å². The number of pyridine rings is 1. The van der Waals surface area contributed by atoms with Crippen LogP contribution in [-0.2, 0) is 29.6 Å². The minimum Gasteiger partial charge on any atom is -0.467 e. The first-order chi connectivity index (χ1) is 13.3. The number of aromatic nitrogens is 3. The molecule has 0 saturated heterocycles. The minimum atomic E-state index is -0.708. The topological polar surface area (TPSA) is 122 Å². The zero-order valence-electron chi connectivity index (χ0n) is 16.3. The van der Waals surface area contributed by atoms with Crippen LogP contribution in [0.1, 0.15) is 29.5 Å². The summed E-state index contributed by atoms with van der Waals surface area (Å²) >= 11 is 0. The van der Waals surface area contributed by atoms with Crippen molar-refractivity contribution in [2.45, 2.75) is 39.8 Å². The van der Waals surface area contributed by atoms with Crippen LogP contribution >= 0.6 is 0 Å². The van der Waals surface area contributed by atoms with Crippen LogP contribution < -0.4 is 16.2 Å². The predicted molar refractivity (Wildman–Crippen MR) is 103 cm³/mol. The molecule has 28 heavy (non-hydrogen) atoms. The first-order valence-corrected chi connectivity index (χ1v) is 8.92. The first-order valence-electron chi connectivity index (χ1n) is 8.92. The number of fused-ring (bicyclic) bond motifs is 1. The van der Waals surface area contributed by atoms with Gasteiger partial charge in [0.2, 0.25) is 11.8 Å². The molecule has 3 N–H and O–H groups in total. The zero-order chi connectivity index (χ0) is 20.4. The van der Waals surface area contributed by atoms with Gasteiger partial charge in [-0.1, -0.05) is 0 Å². The second kappa shape index (κ2) is 7.71. The zero-order valence-corrected chi connectivity index (χ0v) is 16.3. The van der Waals surface area contributed by atoms with Crippen LogP contribution in [0.3, 0.4) is 0 Å². The maximum atomic E-state index is 12.5. The summed E-state index contributed by atoms with van der Waals surface area (Å²) < 4.78 is 6.72. The Morgan fingerprint density at radius 2 is 2.11 bits per heavy atom. The Balaban J connectivity index is 1.68. The molecule has 0 fully saturated rings. The fourth-order valence-electron chi connectivity index (χ4n) is 3.17. The largest absolute Gasteiger partial charge is 0.467 e. The molecule has 0 aromatic carbocycles. The van der Waals surface area contributed by atoms with Gasteiger partial charge >= 0.3 is 0 Å². The summed E-state index contributed by atoms with van der Waals surface area (Å²) in [4.78, 5) is 41.2. The van der Waals surface area contributed by atoms with Crippen molar-refractivity contribution in [3.63, 3.8) is 0 Å². The van der Waals surface area contributed by atoms with Gasteiger partial charge < -0.3 is 15.1 Å². The molecule has 2 amide bonds. The van der Waals surface area contributed by atoms with E-state index >= 15 is 0 Å². The third-order valence-electron chi connectivity index (χ3n) is 4.70. The molecule has 148 valence electrons. The molecule has 1 unspecified atom stereocenters. The number of aromatic amines is 1. The number of furan rings is 1. The normalized spacial score (nSPS) is 12.1. The average molecular weight is 385 g/mol. The summed E-state index contributed by atoms with van der Waals surface area (Å²) in [6.45, 7) is 5.46. The number of carbonyl (C=O) groups excluding carboxylic acids is 2. The fraction of sp³-hybridized carbons (Fsp3) is 0.368. The molecule has 0 bridgehead atoms. The quantitative estimate of drug-likeness (QED) is 0.580. The number of hydrogen-bond donors (Lipinski definition) is 3. The SMILES string of the molecule is Cc1nc2c(c(C)c1CC(=O)NC(C)C(=O)NCc1ccco1)c(=O)[nH]n2C. The third kappa shape index (κ3) is 3.83. The van der Waals surface area contributed by atoms with Crippen LogP contribution in [0.5, 0.6) is 0 Å². The van der Waals surface area contributed by atoms with Gasteiger partial charge in [-0.05, 0) is 44.0 Å². The molecule has 0 spiro atoms. The van der Waals surface area contributed by atoms with Gasteiger partial charge in [-0.15, -0.1) is 0 Å². The van der Waals surface area contributed by atoms with Crippen molar-refractivity contribution >= 4 is 22.8 Å². The van der Waals surface area contributed by atoms with E-state index in [9.17, 15) is 14.4 Å². The highest BCUT2D eigenvalue weighted by Gasteiger charge is 2.20. The summed E-state index contributed by atoms with van der Waals surface area (Å²) in [5.41, 5.74) is 2.38. The Hall–Kier alpha value is -3.36. The van der Waals surface area contributed by atoms with Gasteiger partial charge in [0.25, 0.3) is 5.56 Å². The highest BCUT2D eigenvalue weighted by Crippen LogP contribution is 2.20. The van der Waals surface area contributed by atoms with E-state index in [1.165, 1.54) is 6.26 Å². The average Bonchev–Trinajstić information content (AvgIpc) is 3.24. The van der Waals surface area contributed by atoms with Crippen molar-refractivity contribution in [2.24, 2.45) is 7.05 Å².